The fraction of sp³-hybridized carbons (Fsp3) is 0.360. The fourth-order valence-electron chi connectivity index (χ4n) is 4.96. The quantitative estimate of drug-likeness (QED) is 0.567. The van der Waals surface area contributed by atoms with Crippen LogP contribution in [0.5, 0.6) is 0 Å². The highest BCUT2D eigenvalue weighted by Crippen LogP contribution is 2.31. The van der Waals surface area contributed by atoms with Crippen LogP contribution in [0.2, 0.25) is 0 Å². The number of urea groups is 1. The molecule has 1 atom stereocenters. The third kappa shape index (κ3) is 4.08. The molecular formula is C25H27N5O3. The van der Waals surface area contributed by atoms with E-state index in [1.807, 2.05) is 34.9 Å². The van der Waals surface area contributed by atoms with Crippen molar-refractivity contribution in [3.63, 3.8) is 0 Å². The van der Waals surface area contributed by atoms with E-state index in [0.717, 1.165) is 28.8 Å². The Morgan fingerprint density at radius 2 is 1.82 bits per heavy atom. The van der Waals surface area contributed by atoms with Gasteiger partial charge in [-0.2, -0.15) is 4.90 Å². The number of imidazole rings is 1. The SMILES string of the molecule is NC(=O)c1ccc2c(c1)nc(N1C(=O)N[C@@H](Cc3ccccc3)C1=O)n2CC1CCCCC1. The zero-order valence-corrected chi connectivity index (χ0v) is 18.4. The first kappa shape index (κ1) is 21.2. The Morgan fingerprint density at radius 3 is 2.55 bits per heavy atom. The number of anilines is 1. The van der Waals surface area contributed by atoms with Gasteiger partial charge in [-0.05, 0) is 42.5 Å². The zero-order chi connectivity index (χ0) is 22.9. The average Bonchev–Trinajstić information content (AvgIpc) is 3.30. The van der Waals surface area contributed by atoms with Gasteiger partial charge in [0.15, 0.2) is 0 Å². The second-order valence-corrected chi connectivity index (χ2v) is 8.96. The molecule has 170 valence electrons. The summed E-state index contributed by atoms with van der Waals surface area (Å²) in [6.45, 7) is 0.669. The van der Waals surface area contributed by atoms with Crippen LogP contribution in [-0.4, -0.2) is 33.4 Å². The number of rotatable bonds is 6. The predicted octanol–water partition coefficient (Wildman–Crippen LogP) is 3.38. The number of hydrogen-bond acceptors (Lipinski definition) is 4. The smallest absolute Gasteiger partial charge is 0.331 e. The van der Waals surface area contributed by atoms with Crippen molar-refractivity contribution in [3.05, 3.63) is 59.7 Å². The number of nitrogens with one attached hydrogen (secondary N) is 1. The second kappa shape index (κ2) is 8.69. The van der Waals surface area contributed by atoms with Gasteiger partial charge in [0.2, 0.25) is 11.9 Å². The normalized spacial score (nSPS) is 19.3. The summed E-state index contributed by atoms with van der Waals surface area (Å²) in [6, 6.07) is 13.6. The van der Waals surface area contributed by atoms with Gasteiger partial charge < -0.3 is 15.6 Å². The molecule has 5 rings (SSSR count). The molecule has 4 amide bonds. The van der Waals surface area contributed by atoms with E-state index in [2.05, 4.69) is 10.3 Å². The monoisotopic (exact) mass is 445 g/mol. The Morgan fingerprint density at radius 1 is 1.06 bits per heavy atom. The first-order valence-electron chi connectivity index (χ1n) is 11.5. The van der Waals surface area contributed by atoms with Gasteiger partial charge in [0.05, 0.1) is 11.0 Å². The molecule has 8 heteroatoms. The topological polar surface area (TPSA) is 110 Å². The van der Waals surface area contributed by atoms with Gasteiger partial charge in [-0.1, -0.05) is 49.6 Å². The number of hydrogen-bond donors (Lipinski definition) is 2. The van der Waals surface area contributed by atoms with Crippen molar-refractivity contribution in [3.8, 4) is 0 Å². The van der Waals surface area contributed by atoms with Crippen molar-refractivity contribution >= 4 is 34.8 Å². The van der Waals surface area contributed by atoms with E-state index >= 15 is 0 Å². The Kier molecular flexibility index (Phi) is 5.58. The molecule has 0 spiro atoms. The molecule has 3 N–H and O–H groups in total. The summed E-state index contributed by atoms with van der Waals surface area (Å²) in [4.78, 5) is 43.8. The number of carbonyl (C=O) groups is 3. The summed E-state index contributed by atoms with van der Waals surface area (Å²) in [5.41, 5.74) is 8.10. The van der Waals surface area contributed by atoms with E-state index in [1.165, 1.54) is 19.3 Å². The molecule has 0 unspecified atom stereocenters. The van der Waals surface area contributed by atoms with E-state index in [9.17, 15) is 14.4 Å². The fourth-order valence-corrected chi connectivity index (χ4v) is 4.96. The standard InChI is InChI=1S/C25H27N5O3/c26-22(31)18-11-12-21-19(14-18)27-24(29(21)15-17-9-5-2-6-10-17)30-23(32)20(28-25(30)33)13-16-7-3-1-4-8-16/h1,3-4,7-8,11-12,14,17,20H,2,5-6,9-10,13,15H2,(H2,26,31)(H,28,33)/t20-/m0/s1. The van der Waals surface area contributed by atoms with Crippen LogP contribution in [0, 0.1) is 5.92 Å². The van der Waals surface area contributed by atoms with Crippen LogP contribution in [0.1, 0.15) is 48.0 Å². The van der Waals surface area contributed by atoms with Crippen LogP contribution in [0.4, 0.5) is 10.7 Å². The molecule has 0 bridgehead atoms. The minimum Gasteiger partial charge on any atom is -0.366 e. The summed E-state index contributed by atoms with van der Waals surface area (Å²) in [7, 11) is 0. The number of fused-ring (bicyclic) bond motifs is 1. The van der Waals surface area contributed by atoms with Gasteiger partial charge >= 0.3 is 6.03 Å². The van der Waals surface area contributed by atoms with Crippen molar-refractivity contribution in [2.75, 3.05) is 4.90 Å². The molecule has 1 saturated carbocycles. The van der Waals surface area contributed by atoms with E-state index in [0.29, 0.717) is 35.9 Å². The molecule has 1 saturated heterocycles. The molecule has 2 fully saturated rings. The first-order chi connectivity index (χ1) is 16.0. The van der Waals surface area contributed by atoms with Gasteiger partial charge in [0.25, 0.3) is 5.91 Å². The Balaban J connectivity index is 1.52. The Bertz CT molecular complexity index is 1210. The molecule has 1 aliphatic heterocycles. The zero-order valence-electron chi connectivity index (χ0n) is 18.4. The molecule has 2 aliphatic rings. The highest BCUT2D eigenvalue weighted by molar-refractivity contribution is 6.21. The first-order valence-corrected chi connectivity index (χ1v) is 11.5. The number of carbonyl (C=O) groups excluding carboxylic acids is 3. The average molecular weight is 446 g/mol. The minimum absolute atomic E-state index is 0.301. The number of nitrogens with zero attached hydrogens (tertiary/aromatic N) is 3. The predicted molar refractivity (Wildman–Crippen MR) is 125 cm³/mol. The van der Waals surface area contributed by atoms with Crippen molar-refractivity contribution < 1.29 is 14.4 Å². The number of benzene rings is 2. The van der Waals surface area contributed by atoms with Crippen LogP contribution >= 0.6 is 0 Å². The lowest BCUT2D eigenvalue weighted by Gasteiger charge is -2.24. The van der Waals surface area contributed by atoms with Crippen LogP contribution < -0.4 is 16.0 Å². The Labute approximate surface area is 191 Å². The van der Waals surface area contributed by atoms with E-state index in [1.54, 1.807) is 18.2 Å². The summed E-state index contributed by atoms with van der Waals surface area (Å²) in [5, 5.41) is 2.82. The lowest BCUT2D eigenvalue weighted by Crippen LogP contribution is -2.34. The van der Waals surface area contributed by atoms with E-state index < -0.39 is 18.0 Å². The maximum Gasteiger partial charge on any atom is 0.331 e. The second-order valence-electron chi connectivity index (χ2n) is 8.96. The number of imide groups is 1. The maximum absolute atomic E-state index is 13.3. The Hall–Kier alpha value is -3.68. The van der Waals surface area contributed by atoms with Crippen molar-refractivity contribution in [1.29, 1.82) is 0 Å². The molecule has 0 radical (unpaired) electrons. The van der Waals surface area contributed by atoms with Crippen LogP contribution in [-0.2, 0) is 17.8 Å². The van der Waals surface area contributed by atoms with Crippen LogP contribution in [0.3, 0.4) is 0 Å². The summed E-state index contributed by atoms with van der Waals surface area (Å²) in [5.74, 6) is -0.112. The van der Waals surface area contributed by atoms with Crippen LogP contribution in [0.15, 0.2) is 48.5 Å². The van der Waals surface area contributed by atoms with Gasteiger partial charge in [0, 0.05) is 18.5 Å². The number of aromatic nitrogens is 2. The minimum atomic E-state index is -0.649. The molecule has 8 nitrogen and oxygen atoms in total. The molecule has 1 aliphatic carbocycles. The number of nitrogens with two attached hydrogens (primary N) is 1. The highest BCUT2D eigenvalue weighted by Gasteiger charge is 2.41. The molecule has 2 heterocycles. The maximum atomic E-state index is 13.3. The molecule has 3 aromatic rings. The summed E-state index contributed by atoms with van der Waals surface area (Å²) in [6.07, 6.45) is 6.23. The highest BCUT2D eigenvalue weighted by atomic mass is 16.2. The number of primary amides is 1. The van der Waals surface area contributed by atoms with Gasteiger partial charge in [-0.3, -0.25) is 9.59 Å². The van der Waals surface area contributed by atoms with Crippen molar-refractivity contribution in [2.24, 2.45) is 11.7 Å². The third-order valence-corrected chi connectivity index (χ3v) is 6.68. The van der Waals surface area contributed by atoms with Crippen LogP contribution in [0.25, 0.3) is 11.0 Å². The molecule has 1 aromatic heterocycles. The van der Waals surface area contributed by atoms with E-state index in [-0.39, 0.29) is 5.91 Å². The van der Waals surface area contributed by atoms with E-state index in [4.69, 9.17) is 5.73 Å². The van der Waals surface area contributed by atoms with Gasteiger partial charge in [0.1, 0.15) is 6.04 Å². The molecular weight excluding hydrogens is 418 g/mol. The molecule has 33 heavy (non-hydrogen) atoms. The largest absolute Gasteiger partial charge is 0.366 e. The van der Waals surface area contributed by atoms with Gasteiger partial charge in [-0.25, -0.2) is 9.78 Å². The van der Waals surface area contributed by atoms with Crippen molar-refractivity contribution in [2.45, 2.75) is 51.1 Å². The van der Waals surface area contributed by atoms with Gasteiger partial charge in [-0.15, -0.1) is 0 Å². The third-order valence-electron chi connectivity index (χ3n) is 6.68. The molecule has 2 aromatic carbocycles. The summed E-state index contributed by atoms with van der Waals surface area (Å²) >= 11 is 0. The lowest BCUT2D eigenvalue weighted by atomic mass is 9.89. The summed E-state index contributed by atoms with van der Waals surface area (Å²) < 4.78 is 1.96. The number of amides is 4. The van der Waals surface area contributed by atoms with Crippen molar-refractivity contribution in [1.82, 2.24) is 14.9 Å². The lowest BCUT2D eigenvalue weighted by molar-refractivity contribution is -0.118.